The normalized spacial score (nSPS) is 19.0. The molecule has 1 atom stereocenters. The number of halogens is 1. The van der Waals surface area contributed by atoms with Crippen molar-refractivity contribution in [1.29, 1.82) is 0 Å². The summed E-state index contributed by atoms with van der Waals surface area (Å²) in [5.41, 5.74) is 1.50. The minimum Gasteiger partial charge on any atom is -0.496 e. The Balaban J connectivity index is 1.28. The molecule has 1 N–H and O–H groups in total. The van der Waals surface area contributed by atoms with Crippen LogP contribution in [0.5, 0.6) is 5.75 Å². The van der Waals surface area contributed by atoms with Gasteiger partial charge in [0, 0.05) is 30.9 Å². The lowest BCUT2D eigenvalue weighted by Gasteiger charge is -2.33. The quantitative estimate of drug-likeness (QED) is 0.566. The van der Waals surface area contributed by atoms with Crippen molar-refractivity contribution in [3.05, 3.63) is 65.4 Å². The molecule has 34 heavy (non-hydrogen) atoms. The molecule has 1 saturated carbocycles. The Bertz CT molecular complexity index is 1200. The summed E-state index contributed by atoms with van der Waals surface area (Å²) in [5, 5.41) is 11.1. The van der Waals surface area contributed by atoms with E-state index in [1.54, 1.807) is 32.4 Å². The van der Waals surface area contributed by atoms with Crippen molar-refractivity contribution in [1.82, 2.24) is 20.5 Å². The maximum absolute atomic E-state index is 13.8. The molecule has 178 valence electrons. The highest BCUT2D eigenvalue weighted by Gasteiger charge is 2.45. The molecule has 1 saturated heterocycles. The molecule has 2 aliphatic rings. The van der Waals surface area contributed by atoms with Crippen LogP contribution in [0.25, 0.3) is 0 Å². The molecule has 0 radical (unpaired) electrons. The van der Waals surface area contributed by atoms with Crippen LogP contribution in [0.15, 0.2) is 40.9 Å². The van der Waals surface area contributed by atoms with Crippen molar-refractivity contribution >= 4 is 11.6 Å². The van der Waals surface area contributed by atoms with E-state index >= 15 is 0 Å². The largest absolute Gasteiger partial charge is 0.496 e. The van der Waals surface area contributed by atoms with Crippen molar-refractivity contribution in [2.45, 2.75) is 37.8 Å². The molecule has 5 rings (SSSR count). The average Bonchev–Trinajstić information content (AvgIpc) is 3.45. The van der Waals surface area contributed by atoms with Crippen LogP contribution in [0, 0.1) is 12.7 Å². The number of pyridine rings is 1. The molecule has 2 aromatic heterocycles. The zero-order valence-electron chi connectivity index (χ0n) is 19.1. The highest BCUT2D eigenvalue weighted by molar-refractivity contribution is 5.94. The van der Waals surface area contributed by atoms with Crippen molar-refractivity contribution in [2.75, 3.05) is 31.7 Å². The fourth-order valence-corrected chi connectivity index (χ4v) is 4.27. The third kappa shape index (κ3) is 4.72. The Morgan fingerprint density at radius 1 is 1.29 bits per heavy atom. The van der Waals surface area contributed by atoms with Crippen LogP contribution in [0.2, 0.25) is 0 Å². The van der Waals surface area contributed by atoms with Crippen LogP contribution in [0.3, 0.4) is 0 Å². The van der Waals surface area contributed by atoms with E-state index in [1.165, 1.54) is 12.1 Å². The average molecular weight is 468 g/mol. The molecule has 3 heterocycles. The Labute approximate surface area is 196 Å². The molecular formula is C24H26FN5O4. The van der Waals surface area contributed by atoms with Crippen LogP contribution >= 0.6 is 0 Å². The highest BCUT2D eigenvalue weighted by Crippen LogP contribution is 2.41. The van der Waals surface area contributed by atoms with Gasteiger partial charge in [-0.2, -0.15) is 0 Å². The predicted octanol–water partition coefficient (Wildman–Crippen LogP) is 3.00. The topological polar surface area (TPSA) is 103 Å². The number of hydrogen-bond acceptors (Lipinski definition) is 8. The van der Waals surface area contributed by atoms with Crippen LogP contribution in [-0.4, -0.2) is 53.4 Å². The number of benzene rings is 1. The van der Waals surface area contributed by atoms with Gasteiger partial charge >= 0.3 is 0 Å². The van der Waals surface area contributed by atoms with Gasteiger partial charge < -0.3 is 24.1 Å². The lowest BCUT2D eigenvalue weighted by molar-refractivity contribution is 0.0217. The number of morpholine rings is 1. The lowest BCUT2D eigenvalue weighted by Crippen LogP contribution is -2.40. The second-order valence-corrected chi connectivity index (χ2v) is 8.73. The van der Waals surface area contributed by atoms with E-state index in [0.29, 0.717) is 49.3 Å². The zero-order valence-corrected chi connectivity index (χ0v) is 19.1. The van der Waals surface area contributed by atoms with Gasteiger partial charge in [-0.05, 0) is 55.2 Å². The maximum Gasteiger partial charge on any atom is 0.270 e. The second-order valence-electron chi connectivity index (χ2n) is 8.73. The number of anilines is 1. The van der Waals surface area contributed by atoms with Gasteiger partial charge in [0.1, 0.15) is 17.3 Å². The number of aromatic nitrogens is 3. The molecule has 0 spiro atoms. The first-order chi connectivity index (χ1) is 16.4. The number of carbonyl (C=O) groups is 1. The first kappa shape index (κ1) is 22.3. The van der Waals surface area contributed by atoms with Crippen LogP contribution in [0.1, 0.15) is 46.8 Å². The summed E-state index contributed by atoms with van der Waals surface area (Å²) in [4.78, 5) is 19.5. The van der Waals surface area contributed by atoms with E-state index in [0.717, 1.165) is 24.1 Å². The summed E-state index contributed by atoms with van der Waals surface area (Å²) in [5.74, 6) is 0.959. The van der Waals surface area contributed by atoms with Crippen molar-refractivity contribution in [3.63, 3.8) is 0 Å². The highest BCUT2D eigenvalue weighted by atomic mass is 19.1. The fraction of sp³-hybridized carbons (Fsp3) is 0.417. The van der Waals surface area contributed by atoms with Gasteiger partial charge in [0.25, 0.3) is 5.91 Å². The molecule has 10 heteroatoms. The molecule has 3 aromatic rings. The number of nitrogens with zero attached hydrogens (tertiary/aromatic N) is 4. The van der Waals surface area contributed by atoms with Crippen LogP contribution in [-0.2, 0) is 11.2 Å². The Hall–Kier alpha value is -3.53. The number of carbonyl (C=O) groups excluding carboxylic acids is 1. The third-order valence-corrected chi connectivity index (χ3v) is 6.23. The van der Waals surface area contributed by atoms with Gasteiger partial charge in [-0.3, -0.25) is 9.78 Å². The van der Waals surface area contributed by atoms with E-state index in [4.69, 9.17) is 13.9 Å². The standard InChI is InChI=1S/C24H26FN5O4/c1-15-28-29-23(34-15)21-14-30(9-10-33-21)18-5-8-26-19(12-18)22(31)27-24(6-7-24)13-16-11-17(25)3-4-20(16)32-2/h3-5,8,11-12,21H,6-7,9-10,13-14H2,1-2H3,(H,27,31). The van der Waals surface area contributed by atoms with Crippen molar-refractivity contribution in [3.8, 4) is 5.75 Å². The van der Waals surface area contributed by atoms with Gasteiger partial charge in [-0.15, -0.1) is 10.2 Å². The van der Waals surface area contributed by atoms with Gasteiger partial charge in [0.2, 0.25) is 11.8 Å². The minimum atomic E-state index is -0.421. The first-order valence-electron chi connectivity index (χ1n) is 11.2. The summed E-state index contributed by atoms with van der Waals surface area (Å²) in [6.07, 6.45) is 3.41. The van der Waals surface area contributed by atoms with Gasteiger partial charge in [-0.25, -0.2) is 4.39 Å². The predicted molar refractivity (Wildman–Crippen MR) is 120 cm³/mol. The SMILES string of the molecule is COc1ccc(F)cc1CC1(NC(=O)c2cc(N3CCOC(c4nnc(C)o4)C3)ccn2)CC1. The molecule has 0 bridgehead atoms. The molecule has 2 fully saturated rings. The number of rotatable bonds is 7. The minimum absolute atomic E-state index is 0.257. The van der Waals surface area contributed by atoms with Gasteiger partial charge in [0.15, 0.2) is 6.10 Å². The number of hydrogen-bond donors (Lipinski definition) is 1. The second kappa shape index (κ2) is 9.02. The van der Waals surface area contributed by atoms with Crippen LogP contribution in [0.4, 0.5) is 10.1 Å². The van der Waals surface area contributed by atoms with E-state index in [-0.39, 0.29) is 17.8 Å². The molecular weight excluding hydrogens is 441 g/mol. The first-order valence-corrected chi connectivity index (χ1v) is 11.2. The Morgan fingerprint density at radius 3 is 2.88 bits per heavy atom. The smallest absolute Gasteiger partial charge is 0.270 e. The Kier molecular flexibility index (Phi) is 5.91. The van der Waals surface area contributed by atoms with Gasteiger partial charge in [0.05, 0.1) is 20.3 Å². The van der Waals surface area contributed by atoms with E-state index < -0.39 is 5.54 Å². The van der Waals surface area contributed by atoms with Crippen molar-refractivity contribution in [2.24, 2.45) is 0 Å². The summed E-state index contributed by atoms with van der Waals surface area (Å²) in [7, 11) is 1.56. The summed E-state index contributed by atoms with van der Waals surface area (Å²) < 4.78 is 30.5. The molecule has 1 aliphatic carbocycles. The monoisotopic (exact) mass is 467 g/mol. The van der Waals surface area contributed by atoms with Crippen LogP contribution < -0.4 is 15.0 Å². The number of amides is 1. The summed E-state index contributed by atoms with van der Waals surface area (Å²) in [6.45, 7) is 3.42. The summed E-state index contributed by atoms with van der Waals surface area (Å²) in [6, 6.07) is 8.08. The maximum atomic E-state index is 13.8. The third-order valence-electron chi connectivity index (χ3n) is 6.23. The molecule has 9 nitrogen and oxygen atoms in total. The van der Waals surface area contributed by atoms with Gasteiger partial charge in [-0.1, -0.05) is 0 Å². The number of ether oxygens (including phenoxy) is 2. The van der Waals surface area contributed by atoms with Crippen molar-refractivity contribution < 1.29 is 23.1 Å². The van der Waals surface area contributed by atoms with E-state index in [1.807, 2.05) is 6.07 Å². The Morgan fingerprint density at radius 2 is 2.15 bits per heavy atom. The molecule has 1 unspecified atom stereocenters. The fourth-order valence-electron chi connectivity index (χ4n) is 4.27. The number of aryl methyl sites for hydroxylation is 1. The lowest BCUT2D eigenvalue weighted by atomic mass is 10.0. The molecule has 1 amide bonds. The number of nitrogens with one attached hydrogen (secondary N) is 1. The van der Waals surface area contributed by atoms with E-state index in [9.17, 15) is 9.18 Å². The zero-order chi connectivity index (χ0) is 23.7. The number of methoxy groups -OCH3 is 1. The van der Waals surface area contributed by atoms with E-state index in [2.05, 4.69) is 25.4 Å². The molecule has 1 aromatic carbocycles. The molecule has 1 aliphatic heterocycles. The summed E-state index contributed by atoms with van der Waals surface area (Å²) >= 11 is 0.